The fourth-order valence-corrected chi connectivity index (χ4v) is 3.88. The monoisotopic (exact) mass is 428 g/mol. The molecule has 0 aliphatic rings. The molecule has 0 aromatic heterocycles. The number of hydrogen-bond donors (Lipinski definition) is 2. The number of aliphatic hydroxyl groups is 2. The maximum Gasteiger partial charge on any atom is 0.308 e. The average Bonchev–Trinajstić information content (AvgIpc) is 2.73. The predicted molar refractivity (Wildman–Crippen MR) is 126 cm³/mol. The van der Waals surface area contributed by atoms with Crippen molar-refractivity contribution < 1.29 is 19.7 Å². The molecule has 0 aliphatic heterocycles. The lowest BCUT2D eigenvalue weighted by Gasteiger charge is -2.11. The summed E-state index contributed by atoms with van der Waals surface area (Å²) in [5.41, 5.74) is 0. The summed E-state index contributed by atoms with van der Waals surface area (Å²) in [6, 6.07) is 0. The number of hydrogen-bond acceptors (Lipinski definition) is 4. The van der Waals surface area contributed by atoms with Crippen LogP contribution in [0.1, 0.15) is 148 Å². The van der Waals surface area contributed by atoms with Crippen molar-refractivity contribution in [3.63, 3.8) is 0 Å². The molecule has 1 unspecified atom stereocenters. The molecule has 180 valence electrons. The molecule has 30 heavy (non-hydrogen) atoms. The summed E-state index contributed by atoms with van der Waals surface area (Å²) < 4.78 is 4.89. The quantitative estimate of drug-likeness (QED) is 0.0952. The Morgan fingerprint density at radius 3 is 1.37 bits per heavy atom. The second-order valence-corrected chi connectivity index (χ2v) is 8.92. The van der Waals surface area contributed by atoms with E-state index in [2.05, 4.69) is 6.92 Å². The van der Waals surface area contributed by atoms with E-state index in [1.165, 1.54) is 109 Å². The summed E-state index contributed by atoms with van der Waals surface area (Å²) in [5.74, 6) is -0.326. The highest BCUT2D eigenvalue weighted by Gasteiger charge is 2.10. The minimum absolute atomic E-state index is 0.00786. The number of aliphatic hydroxyl groups excluding tert-OH is 2. The van der Waals surface area contributed by atoms with Crippen LogP contribution in [-0.4, -0.2) is 29.1 Å². The summed E-state index contributed by atoms with van der Waals surface area (Å²) in [6.45, 7) is 2.29. The molecule has 1 atom stereocenters. The Morgan fingerprint density at radius 1 is 0.633 bits per heavy atom. The minimum atomic E-state index is -1.06. The molecule has 0 spiro atoms. The van der Waals surface area contributed by atoms with Gasteiger partial charge in [-0.2, -0.15) is 0 Å². The summed E-state index contributed by atoms with van der Waals surface area (Å²) in [7, 11) is 0. The number of rotatable bonds is 24. The molecule has 0 rings (SSSR count). The Bertz CT molecular complexity index is 346. The average molecular weight is 429 g/mol. The van der Waals surface area contributed by atoms with Crippen molar-refractivity contribution in [1.82, 2.24) is 0 Å². The molecular weight excluding hydrogens is 376 g/mol. The Kier molecular flexibility index (Phi) is 24.2. The van der Waals surface area contributed by atoms with Crippen molar-refractivity contribution in [3.05, 3.63) is 0 Å². The number of esters is 1. The topological polar surface area (TPSA) is 66.8 Å². The lowest BCUT2D eigenvalue weighted by molar-refractivity contribution is -0.169. The van der Waals surface area contributed by atoms with Crippen molar-refractivity contribution in [2.24, 2.45) is 0 Å². The first-order chi connectivity index (χ1) is 14.7. The predicted octanol–water partition coefficient (Wildman–Crippen LogP) is 7.44. The maximum absolute atomic E-state index is 11.6. The van der Waals surface area contributed by atoms with Crippen LogP contribution in [0.4, 0.5) is 0 Å². The third kappa shape index (κ3) is 23.7. The molecule has 0 aliphatic carbocycles. The molecule has 0 saturated heterocycles. The van der Waals surface area contributed by atoms with Crippen molar-refractivity contribution in [2.75, 3.05) is 6.61 Å². The zero-order valence-electron chi connectivity index (χ0n) is 20.1. The lowest BCUT2D eigenvalue weighted by Crippen LogP contribution is -2.17. The largest absolute Gasteiger partial charge is 0.436 e. The first-order valence-electron chi connectivity index (χ1n) is 13.2. The van der Waals surface area contributed by atoms with Gasteiger partial charge in [-0.3, -0.25) is 4.79 Å². The summed E-state index contributed by atoms with van der Waals surface area (Å²) in [4.78, 5) is 11.6. The smallest absolute Gasteiger partial charge is 0.308 e. The molecule has 0 fully saturated rings. The minimum Gasteiger partial charge on any atom is -0.436 e. The van der Waals surface area contributed by atoms with Crippen LogP contribution in [0.2, 0.25) is 0 Å². The van der Waals surface area contributed by atoms with Gasteiger partial charge in [0.05, 0.1) is 0 Å². The fourth-order valence-electron chi connectivity index (χ4n) is 3.88. The van der Waals surface area contributed by atoms with E-state index < -0.39 is 6.29 Å². The van der Waals surface area contributed by atoms with E-state index in [0.717, 1.165) is 12.8 Å². The van der Waals surface area contributed by atoms with E-state index in [-0.39, 0.29) is 12.6 Å². The SMILES string of the molecule is CCCCCCCCCCCCCCCCCCCCCC(=O)OC(O)CCCO. The first-order valence-corrected chi connectivity index (χ1v) is 13.2. The number of unbranched alkanes of at least 4 members (excludes halogenated alkanes) is 18. The molecular formula is C26H52O4. The second-order valence-electron chi connectivity index (χ2n) is 8.92. The molecule has 0 aromatic rings. The van der Waals surface area contributed by atoms with Crippen LogP contribution in [0.3, 0.4) is 0 Å². The molecule has 4 nitrogen and oxygen atoms in total. The Labute approximate surface area is 187 Å². The first kappa shape index (κ1) is 29.4. The van der Waals surface area contributed by atoms with Gasteiger partial charge in [0, 0.05) is 19.4 Å². The zero-order chi connectivity index (χ0) is 22.1. The van der Waals surface area contributed by atoms with E-state index in [0.29, 0.717) is 19.3 Å². The van der Waals surface area contributed by atoms with Gasteiger partial charge >= 0.3 is 5.97 Å². The van der Waals surface area contributed by atoms with Crippen LogP contribution in [0.15, 0.2) is 0 Å². The van der Waals surface area contributed by atoms with Crippen molar-refractivity contribution in [2.45, 2.75) is 154 Å². The standard InChI is InChI=1S/C26H52O4/c1-2-3-4-5-6-7-8-9-10-11-12-13-14-15-16-17-18-19-20-22-25(28)30-26(29)23-21-24-27/h26-27,29H,2-24H2,1H3. The Morgan fingerprint density at radius 2 is 1.00 bits per heavy atom. The zero-order valence-corrected chi connectivity index (χ0v) is 20.1. The molecule has 0 amide bonds. The molecule has 0 radical (unpaired) electrons. The summed E-state index contributed by atoms with van der Waals surface area (Å²) >= 11 is 0. The van der Waals surface area contributed by atoms with Gasteiger partial charge in [-0.1, -0.05) is 122 Å². The van der Waals surface area contributed by atoms with Crippen LogP contribution in [0.5, 0.6) is 0 Å². The normalized spacial score (nSPS) is 12.2. The van der Waals surface area contributed by atoms with Gasteiger partial charge in [-0.25, -0.2) is 0 Å². The van der Waals surface area contributed by atoms with Crippen LogP contribution in [0, 0.1) is 0 Å². The molecule has 0 bridgehead atoms. The summed E-state index contributed by atoms with van der Waals surface area (Å²) in [5, 5.41) is 18.1. The summed E-state index contributed by atoms with van der Waals surface area (Å²) in [6.07, 6.45) is 25.5. The van der Waals surface area contributed by atoms with E-state index in [9.17, 15) is 9.90 Å². The number of ether oxygens (including phenoxy) is 1. The maximum atomic E-state index is 11.6. The van der Waals surface area contributed by atoms with E-state index >= 15 is 0 Å². The van der Waals surface area contributed by atoms with E-state index in [1.54, 1.807) is 0 Å². The van der Waals surface area contributed by atoms with Crippen molar-refractivity contribution in [1.29, 1.82) is 0 Å². The molecule has 0 heterocycles. The van der Waals surface area contributed by atoms with E-state index in [4.69, 9.17) is 9.84 Å². The highest BCUT2D eigenvalue weighted by Crippen LogP contribution is 2.15. The van der Waals surface area contributed by atoms with Gasteiger partial charge < -0.3 is 14.9 Å². The van der Waals surface area contributed by atoms with Crippen LogP contribution < -0.4 is 0 Å². The van der Waals surface area contributed by atoms with Gasteiger partial charge in [-0.15, -0.1) is 0 Å². The van der Waals surface area contributed by atoms with Gasteiger partial charge in [0.15, 0.2) is 0 Å². The Balaban J connectivity index is 3.15. The van der Waals surface area contributed by atoms with E-state index in [1.807, 2.05) is 0 Å². The van der Waals surface area contributed by atoms with Gasteiger partial charge in [0.2, 0.25) is 6.29 Å². The van der Waals surface area contributed by atoms with Crippen LogP contribution in [0.25, 0.3) is 0 Å². The molecule has 2 N–H and O–H groups in total. The van der Waals surface area contributed by atoms with Gasteiger partial charge in [0.1, 0.15) is 0 Å². The fraction of sp³-hybridized carbons (Fsp3) is 0.962. The van der Waals surface area contributed by atoms with Crippen LogP contribution >= 0.6 is 0 Å². The number of carbonyl (C=O) groups excluding carboxylic acids is 1. The van der Waals surface area contributed by atoms with Gasteiger partial charge in [-0.05, 0) is 12.8 Å². The highest BCUT2D eigenvalue weighted by atomic mass is 16.6. The lowest BCUT2D eigenvalue weighted by atomic mass is 10.0. The highest BCUT2D eigenvalue weighted by molar-refractivity contribution is 5.69. The van der Waals surface area contributed by atoms with Crippen LogP contribution in [-0.2, 0) is 9.53 Å². The Hall–Kier alpha value is -0.610. The molecule has 0 aromatic carbocycles. The second kappa shape index (κ2) is 24.7. The number of carbonyl (C=O) groups is 1. The molecule has 0 saturated carbocycles. The van der Waals surface area contributed by atoms with Gasteiger partial charge in [0.25, 0.3) is 0 Å². The third-order valence-electron chi connectivity index (χ3n) is 5.86. The van der Waals surface area contributed by atoms with Crippen molar-refractivity contribution >= 4 is 5.97 Å². The third-order valence-corrected chi connectivity index (χ3v) is 5.86. The molecule has 4 heteroatoms. The van der Waals surface area contributed by atoms with Crippen molar-refractivity contribution in [3.8, 4) is 0 Å².